The zero-order valence-corrected chi connectivity index (χ0v) is 15.4. The summed E-state index contributed by atoms with van der Waals surface area (Å²) in [6.07, 6.45) is 4.50. The Morgan fingerprint density at radius 1 is 1.16 bits per heavy atom. The molecule has 0 bridgehead atoms. The lowest BCUT2D eigenvalue weighted by Crippen LogP contribution is -2.49. The van der Waals surface area contributed by atoms with Gasteiger partial charge in [-0.1, -0.05) is 19.4 Å². The summed E-state index contributed by atoms with van der Waals surface area (Å²) in [7, 11) is 0. The largest absolute Gasteiger partial charge is 0.365 e. The molecule has 1 saturated heterocycles. The van der Waals surface area contributed by atoms with Crippen LogP contribution in [-0.2, 0) is 4.79 Å². The number of piperazine rings is 1. The van der Waals surface area contributed by atoms with E-state index in [0.717, 1.165) is 56.2 Å². The smallest absolute Gasteiger partial charge is 0.222 e. The van der Waals surface area contributed by atoms with Gasteiger partial charge in [0.1, 0.15) is 0 Å². The van der Waals surface area contributed by atoms with Crippen molar-refractivity contribution in [3.05, 3.63) is 35.8 Å². The van der Waals surface area contributed by atoms with Crippen LogP contribution in [0.5, 0.6) is 0 Å². The molecule has 1 aliphatic rings. The molecule has 3 heterocycles. The molecule has 1 fully saturated rings. The predicted octanol–water partition coefficient (Wildman–Crippen LogP) is 2.72. The van der Waals surface area contributed by atoms with Crippen LogP contribution in [0.1, 0.15) is 37.6 Å². The molecule has 1 amide bonds. The summed E-state index contributed by atoms with van der Waals surface area (Å²) in [5, 5.41) is 4.68. The summed E-state index contributed by atoms with van der Waals surface area (Å²) in [6.45, 7) is 9.53. The van der Waals surface area contributed by atoms with Gasteiger partial charge in [-0.15, -0.1) is 0 Å². The summed E-state index contributed by atoms with van der Waals surface area (Å²) in [6, 6.07) is 5.84. The van der Waals surface area contributed by atoms with Crippen molar-refractivity contribution in [3.8, 4) is 5.82 Å². The van der Waals surface area contributed by atoms with E-state index >= 15 is 0 Å². The van der Waals surface area contributed by atoms with Crippen molar-refractivity contribution in [2.45, 2.75) is 40.0 Å². The number of hydrogen-bond donors (Lipinski definition) is 0. The van der Waals surface area contributed by atoms with E-state index in [2.05, 4.69) is 28.8 Å². The highest BCUT2D eigenvalue weighted by Gasteiger charge is 2.25. The average molecular weight is 341 g/mol. The molecule has 1 aliphatic heterocycles. The molecular formula is C19H27N5O. The first-order valence-corrected chi connectivity index (χ1v) is 9.12. The van der Waals surface area contributed by atoms with Gasteiger partial charge in [-0.3, -0.25) is 4.79 Å². The predicted molar refractivity (Wildman–Crippen MR) is 99.2 cm³/mol. The van der Waals surface area contributed by atoms with Crippen LogP contribution in [0.25, 0.3) is 5.82 Å². The Morgan fingerprint density at radius 3 is 2.56 bits per heavy atom. The molecule has 2 aromatic rings. The molecule has 2 aromatic heterocycles. The number of carbonyl (C=O) groups excluding carboxylic acids is 1. The molecule has 0 spiro atoms. The maximum Gasteiger partial charge on any atom is 0.222 e. The Kier molecular flexibility index (Phi) is 5.36. The number of unbranched alkanes of at least 4 members (excludes halogenated alkanes) is 1. The summed E-state index contributed by atoms with van der Waals surface area (Å²) in [5.41, 5.74) is 3.28. The topological polar surface area (TPSA) is 54.3 Å². The quantitative estimate of drug-likeness (QED) is 0.839. The second-order valence-corrected chi connectivity index (χ2v) is 6.59. The van der Waals surface area contributed by atoms with E-state index in [-0.39, 0.29) is 0 Å². The van der Waals surface area contributed by atoms with Gasteiger partial charge in [0.05, 0.1) is 17.1 Å². The van der Waals surface area contributed by atoms with Crippen LogP contribution in [0.2, 0.25) is 0 Å². The van der Waals surface area contributed by atoms with Gasteiger partial charge in [0, 0.05) is 38.8 Å². The average Bonchev–Trinajstić information content (AvgIpc) is 2.95. The standard InChI is InChI=1S/C19H27N5O/c1-4-5-9-18(25)22-11-13-23(14-12-22)19-15(2)21-24(16(19)3)17-8-6-7-10-20-17/h6-8,10H,4-5,9,11-14H2,1-3H3. The number of anilines is 1. The van der Waals surface area contributed by atoms with Crippen molar-refractivity contribution < 1.29 is 4.79 Å². The van der Waals surface area contributed by atoms with Gasteiger partial charge in [0.2, 0.25) is 5.91 Å². The van der Waals surface area contributed by atoms with Gasteiger partial charge >= 0.3 is 0 Å². The van der Waals surface area contributed by atoms with Crippen molar-refractivity contribution in [2.75, 3.05) is 31.1 Å². The lowest BCUT2D eigenvalue weighted by Gasteiger charge is -2.36. The number of pyridine rings is 1. The molecule has 6 nitrogen and oxygen atoms in total. The fourth-order valence-corrected chi connectivity index (χ4v) is 3.46. The molecule has 0 N–H and O–H groups in total. The highest BCUT2D eigenvalue weighted by Crippen LogP contribution is 2.27. The van der Waals surface area contributed by atoms with E-state index in [1.165, 1.54) is 5.69 Å². The minimum Gasteiger partial charge on any atom is -0.365 e. The first-order valence-electron chi connectivity index (χ1n) is 9.12. The molecule has 0 aromatic carbocycles. The molecule has 0 atom stereocenters. The molecule has 6 heteroatoms. The minimum absolute atomic E-state index is 0.291. The highest BCUT2D eigenvalue weighted by atomic mass is 16.2. The maximum atomic E-state index is 12.2. The third-order valence-corrected chi connectivity index (χ3v) is 4.81. The SMILES string of the molecule is CCCCC(=O)N1CCN(c2c(C)nn(-c3ccccn3)c2C)CC1. The Bertz CT molecular complexity index is 717. The fourth-order valence-electron chi connectivity index (χ4n) is 3.46. The van der Waals surface area contributed by atoms with E-state index < -0.39 is 0 Å². The minimum atomic E-state index is 0.291. The van der Waals surface area contributed by atoms with Crippen LogP contribution in [0.4, 0.5) is 5.69 Å². The summed E-state index contributed by atoms with van der Waals surface area (Å²) >= 11 is 0. The van der Waals surface area contributed by atoms with Gasteiger partial charge in [-0.05, 0) is 32.4 Å². The monoisotopic (exact) mass is 341 g/mol. The van der Waals surface area contributed by atoms with Crippen LogP contribution >= 0.6 is 0 Å². The lowest BCUT2D eigenvalue weighted by molar-refractivity contribution is -0.131. The zero-order valence-electron chi connectivity index (χ0n) is 15.4. The second-order valence-electron chi connectivity index (χ2n) is 6.59. The summed E-state index contributed by atoms with van der Waals surface area (Å²) in [4.78, 5) is 21.0. The van der Waals surface area contributed by atoms with Crippen molar-refractivity contribution in [2.24, 2.45) is 0 Å². The molecule has 25 heavy (non-hydrogen) atoms. The third-order valence-electron chi connectivity index (χ3n) is 4.81. The first kappa shape index (κ1) is 17.5. The third kappa shape index (κ3) is 3.67. The molecule has 0 saturated carbocycles. The number of aryl methyl sites for hydroxylation is 1. The Morgan fingerprint density at radius 2 is 1.92 bits per heavy atom. The van der Waals surface area contributed by atoms with E-state index in [9.17, 15) is 4.79 Å². The van der Waals surface area contributed by atoms with Crippen LogP contribution in [0.15, 0.2) is 24.4 Å². The van der Waals surface area contributed by atoms with E-state index in [0.29, 0.717) is 12.3 Å². The van der Waals surface area contributed by atoms with E-state index in [1.54, 1.807) is 6.20 Å². The van der Waals surface area contributed by atoms with Crippen molar-refractivity contribution in [3.63, 3.8) is 0 Å². The van der Waals surface area contributed by atoms with E-state index in [1.807, 2.05) is 34.7 Å². The molecule has 0 aliphatic carbocycles. The van der Waals surface area contributed by atoms with Crippen LogP contribution < -0.4 is 4.90 Å². The van der Waals surface area contributed by atoms with Gasteiger partial charge in [0.25, 0.3) is 0 Å². The second kappa shape index (κ2) is 7.68. The van der Waals surface area contributed by atoms with Gasteiger partial charge < -0.3 is 9.80 Å². The fraction of sp³-hybridized carbons (Fsp3) is 0.526. The zero-order chi connectivity index (χ0) is 17.8. The lowest BCUT2D eigenvalue weighted by atomic mass is 10.2. The number of aromatic nitrogens is 3. The Labute approximate surface area is 149 Å². The number of amides is 1. The van der Waals surface area contributed by atoms with E-state index in [4.69, 9.17) is 0 Å². The normalized spacial score (nSPS) is 14.8. The Balaban J connectivity index is 1.72. The molecule has 3 rings (SSSR count). The van der Waals surface area contributed by atoms with Crippen molar-refractivity contribution in [1.29, 1.82) is 0 Å². The first-order chi connectivity index (χ1) is 12.1. The summed E-state index contributed by atoms with van der Waals surface area (Å²) in [5.74, 6) is 1.13. The number of carbonyl (C=O) groups is 1. The van der Waals surface area contributed by atoms with Crippen LogP contribution in [0, 0.1) is 13.8 Å². The van der Waals surface area contributed by atoms with Gasteiger partial charge in [0.15, 0.2) is 5.82 Å². The molecule has 134 valence electrons. The molecular weight excluding hydrogens is 314 g/mol. The Hall–Kier alpha value is -2.37. The highest BCUT2D eigenvalue weighted by molar-refractivity contribution is 5.76. The van der Waals surface area contributed by atoms with Gasteiger partial charge in [-0.2, -0.15) is 5.10 Å². The van der Waals surface area contributed by atoms with Crippen LogP contribution in [0.3, 0.4) is 0 Å². The maximum absolute atomic E-state index is 12.2. The number of rotatable bonds is 5. The van der Waals surface area contributed by atoms with Crippen molar-refractivity contribution in [1.82, 2.24) is 19.7 Å². The van der Waals surface area contributed by atoms with Crippen molar-refractivity contribution >= 4 is 11.6 Å². The van der Waals surface area contributed by atoms with Gasteiger partial charge in [-0.25, -0.2) is 9.67 Å². The number of hydrogen-bond acceptors (Lipinski definition) is 4. The molecule has 0 unspecified atom stereocenters. The molecule has 0 radical (unpaired) electrons. The number of nitrogens with zero attached hydrogens (tertiary/aromatic N) is 5. The summed E-state index contributed by atoms with van der Waals surface area (Å²) < 4.78 is 1.91. The van der Waals surface area contributed by atoms with Crippen LogP contribution in [-0.4, -0.2) is 51.8 Å².